The fourth-order valence-electron chi connectivity index (χ4n) is 8.88. The Labute approximate surface area is 528 Å². The molecule has 0 saturated carbocycles. The van der Waals surface area contributed by atoms with E-state index in [4.69, 9.17) is 18.5 Å². The highest BCUT2D eigenvalue weighted by atomic mass is 31.2. The second kappa shape index (κ2) is 65.1. The third-order valence-electron chi connectivity index (χ3n) is 14.1. The molecule has 1 N–H and O–H groups in total. The highest BCUT2D eigenvalue weighted by molar-refractivity contribution is 7.47. The van der Waals surface area contributed by atoms with Gasteiger partial charge in [0.1, 0.15) is 19.8 Å². The SMILES string of the molecule is CC/C=C\C/C=C\C/C=C\C/C=C\C/C=C\C/C=C\C/C=C\C/C=C\C/C=C\CCCCCCCCCCCC(=O)OC(COC(=O)CCCCCCCCCCCCCC/C=C\C/C=C\C/C=C\C/C=C\CC)COP(=O)(O)OCC[N+](C)(C)C. The average Bonchev–Trinajstić information content (AvgIpc) is 3.67. The molecule has 0 saturated heterocycles. The van der Waals surface area contributed by atoms with Crippen LogP contribution in [0.1, 0.15) is 258 Å². The zero-order valence-electron chi connectivity index (χ0n) is 55.5. The summed E-state index contributed by atoms with van der Waals surface area (Å²) < 4.78 is 34.7. The summed E-state index contributed by atoms with van der Waals surface area (Å²) in [7, 11) is 1.46. The molecule has 0 aliphatic rings. The van der Waals surface area contributed by atoms with E-state index in [-0.39, 0.29) is 32.0 Å². The molecule has 0 aliphatic heterocycles. The normalized spacial score (nSPS) is 14.2. The lowest BCUT2D eigenvalue weighted by Gasteiger charge is -2.24. The maximum absolute atomic E-state index is 12.9. The topological polar surface area (TPSA) is 108 Å². The van der Waals surface area contributed by atoms with E-state index in [1.807, 2.05) is 21.1 Å². The van der Waals surface area contributed by atoms with Gasteiger partial charge in [0, 0.05) is 12.8 Å². The number of nitrogens with zero attached hydrogens (tertiary/aromatic N) is 1. The van der Waals surface area contributed by atoms with Crippen LogP contribution in [-0.4, -0.2) is 74.9 Å². The van der Waals surface area contributed by atoms with Crippen molar-refractivity contribution in [3.05, 3.63) is 158 Å². The first-order chi connectivity index (χ1) is 42.0. The number of rotatable bonds is 61. The van der Waals surface area contributed by atoms with Crippen LogP contribution in [0.4, 0.5) is 0 Å². The molecule has 0 bridgehead atoms. The largest absolute Gasteiger partial charge is 0.472 e. The number of phosphoric ester groups is 1. The maximum Gasteiger partial charge on any atom is 0.472 e. The summed E-state index contributed by atoms with van der Waals surface area (Å²) in [6.45, 7) is 4.19. The van der Waals surface area contributed by atoms with Gasteiger partial charge in [-0.1, -0.05) is 281 Å². The number of carbonyl (C=O) groups excluding carboxylic acids is 2. The van der Waals surface area contributed by atoms with Crippen LogP contribution in [0.15, 0.2) is 158 Å². The first-order valence-electron chi connectivity index (χ1n) is 34.2. The third-order valence-corrected chi connectivity index (χ3v) is 15.0. The second-order valence-electron chi connectivity index (χ2n) is 23.4. The predicted molar refractivity (Wildman–Crippen MR) is 371 cm³/mol. The zero-order valence-corrected chi connectivity index (χ0v) is 56.4. The molecule has 0 spiro atoms. The molecule has 0 heterocycles. The van der Waals surface area contributed by atoms with Crippen molar-refractivity contribution in [1.82, 2.24) is 0 Å². The summed E-state index contributed by atoms with van der Waals surface area (Å²) in [6, 6.07) is 0. The van der Waals surface area contributed by atoms with Crippen LogP contribution >= 0.6 is 7.82 Å². The predicted octanol–water partition coefficient (Wildman–Crippen LogP) is 22.4. The molecule has 0 amide bonds. The fourth-order valence-corrected chi connectivity index (χ4v) is 9.62. The summed E-state index contributed by atoms with van der Waals surface area (Å²) >= 11 is 0. The van der Waals surface area contributed by atoms with E-state index in [0.717, 1.165) is 128 Å². The van der Waals surface area contributed by atoms with Crippen LogP contribution in [0.25, 0.3) is 0 Å². The molecule has 0 radical (unpaired) electrons. The van der Waals surface area contributed by atoms with Crippen LogP contribution in [-0.2, 0) is 32.7 Å². The highest BCUT2D eigenvalue weighted by Crippen LogP contribution is 2.43. The van der Waals surface area contributed by atoms with E-state index in [1.54, 1.807) is 0 Å². The minimum Gasteiger partial charge on any atom is -0.462 e. The summed E-state index contributed by atoms with van der Waals surface area (Å²) in [6.07, 6.45) is 97.6. The van der Waals surface area contributed by atoms with Gasteiger partial charge in [0.05, 0.1) is 27.7 Å². The minimum absolute atomic E-state index is 0.0226. The number of phosphoric acid groups is 1. The van der Waals surface area contributed by atoms with Crippen molar-refractivity contribution >= 4 is 19.8 Å². The number of ether oxygens (including phenoxy) is 2. The molecule has 0 aromatic heterocycles. The Morgan fingerprint density at radius 2 is 0.628 bits per heavy atom. The summed E-state index contributed by atoms with van der Waals surface area (Å²) in [5.74, 6) is -0.813. The molecule has 0 aromatic carbocycles. The van der Waals surface area contributed by atoms with Crippen molar-refractivity contribution in [2.45, 2.75) is 264 Å². The lowest BCUT2D eigenvalue weighted by molar-refractivity contribution is -0.870. The van der Waals surface area contributed by atoms with Gasteiger partial charge in [0.25, 0.3) is 0 Å². The van der Waals surface area contributed by atoms with E-state index in [2.05, 4.69) is 172 Å². The van der Waals surface area contributed by atoms with Crippen molar-refractivity contribution in [2.75, 3.05) is 47.5 Å². The van der Waals surface area contributed by atoms with E-state index in [9.17, 15) is 19.0 Å². The Bertz CT molecular complexity index is 2010. The fraction of sp³-hybridized carbons (Fsp3) is 0.632. The average molecular weight is 1210 g/mol. The van der Waals surface area contributed by atoms with Gasteiger partial charge in [-0.15, -0.1) is 0 Å². The number of likely N-dealkylation sites (N-methyl/N-ethyl adjacent to an activating group) is 1. The number of esters is 2. The zero-order chi connectivity index (χ0) is 62.6. The van der Waals surface area contributed by atoms with E-state index in [1.165, 1.54) is 96.3 Å². The standard InChI is InChI=1S/C76H126NO8P/c1-6-8-10-12-14-16-18-20-22-24-26-28-30-32-33-34-35-36-37-38-39-40-41-42-43-45-47-49-51-53-55-57-59-61-63-65-67-69-76(79)85-74(73-84-86(80,81)83-71-70-77(3,4)5)72-82-75(78)68-66-64-62-60-58-56-54-52-50-48-46-44-31-29-27-25-23-21-19-17-15-13-11-9-7-2/h8-11,14-17,20-23,26-29,32-33,35-36,38-39,41-42,45,47,74H,6-7,12-13,18-19,24-25,30-31,34,37,40,43-44,46,48-73H2,1-5H3/p+1/b10-8-,11-9-,16-14-,17-15-,22-20-,23-21-,28-26-,29-27-,33-32-,36-35-,39-38-,42-41-,47-45-. The molecular formula is C76H127NO8P+. The highest BCUT2D eigenvalue weighted by Gasteiger charge is 2.27. The minimum atomic E-state index is -4.40. The molecule has 86 heavy (non-hydrogen) atoms. The van der Waals surface area contributed by atoms with Crippen LogP contribution < -0.4 is 0 Å². The number of quaternary nitrogens is 1. The van der Waals surface area contributed by atoms with Gasteiger partial charge in [0.2, 0.25) is 0 Å². The number of carbonyl (C=O) groups is 2. The first-order valence-corrected chi connectivity index (χ1v) is 35.7. The van der Waals surface area contributed by atoms with E-state index in [0.29, 0.717) is 17.4 Å². The number of allylic oxidation sites excluding steroid dienone is 26. The van der Waals surface area contributed by atoms with Gasteiger partial charge >= 0.3 is 19.8 Å². The summed E-state index contributed by atoms with van der Waals surface area (Å²) in [5, 5.41) is 0. The van der Waals surface area contributed by atoms with Crippen molar-refractivity contribution < 1.29 is 42.1 Å². The van der Waals surface area contributed by atoms with Gasteiger partial charge < -0.3 is 18.9 Å². The molecule has 9 nitrogen and oxygen atoms in total. The van der Waals surface area contributed by atoms with Crippen molar-refractivity contribution in [3.8, 4) is 0 Å². The number of hydrogen-bond acceptors (Lipinski definition) is 7. The van der Waals surface area contributed by atoms with Crippen LogP contribution in [0, 0.1) is 0 Å². The molecular weight excluding hydrogens is 1090 g/mol. The molecule has 0 rings (SSSR count). The lowest BCUT2D eigenvalue weighted by atomic mass is 10.0. The quantitative estimate of drug-likeness (QED) is 0.0211. The smallest absolute Gasteiger partial charge is 0.462 e. The molecule has 2 atom stereocenters. The van der Waals surface area contributed by atoms with Crippen molar-refractivity contribution in [2.24, 2.45) is 0 Å². The van der Waals surface area contributed by atoms with E-state index < -0.39 is 26.5 Å². The second-order valence-corrected chi connectivity index (χ2v) is 24.9. The van der Waals surface area contributed by atoms with E-state index >= 15 is 0 Å². The molecule has 0 aromatic rings. The Morgan fingerprint density at radius 3 is 0.930 bits per heavy atom. The summed E-state index contributed by atoms with van der Waals surface area (Å²) in [4.78, 5) is 35.9. The van der Waals surface area contributed by atoms with Crippen molar-refractivity contribution in [1.29, 1.82) is 0 Å². The maximum atomic E-state index is 12.9. The Morgan fingerprint density at radius 1 is 0.360 bits per heavy atom. The first kappa shape index (κ1) is 81.6. The monoisotopic (exact) mass is 1210 g/mol. The third kappa shape index (κ3) is 68.7. The Kier molecular flexibility index (Phi) is 61.8. The molecule has 488 valence electrons. The van der Waals surface area contributed by atoms with Crippen LogP contribution in [0.3, 0.4) is 0 Å². The Hall–Kier alpha value is -4.37. The van der Waals surface area contributed by atoms with Gasteiger partial charge in [-0.05, 0) is 122 Å². The van der Waals surface area contributed by atoms with Gasteiger partial charge in [-0.25, -0.2) is 4.57 Å². The van der Waals surface area contributed by atoms with Gasteiger partial charge in [0.15, 0.2) is 6.10 Å². The van der Waals surface area contributed by atoms with Crippen molar-refractivity contribution in [3.63, 3.8) is 0 Å². The molecule has 0 fully saturated rings. The lowest BCUT2D eigenvalue weighted by Crippen LogP contribution is -2.37. The summed E-state index contributed by atoms with van der Waals surface area (Å²) in [5.41, 5.74) is 0. The Balaban J connectivity index is 4.13. The molecule has 2 unspecified atom stereocenters. The molecule has 10 heteroatoms. The van der Waals surface area contributed by atoms with Gasteiger partial charge in [-0.3, -0.25) is 18.6 Å². The van der Waals surface area contributed by atoms with Crippen LogP contribution in [0.2, 0.25) is 0 Å². The number of hydrogen-bond donors (Lipinski definition) is 1. The molecule has 0 aliphatic carbocycles. The van der Waals surface area contributed by atoms with Gasteiger partial charge in [-0.2, -0.15) is 0 Å². The van der Waals surface area contributed by atoms with Crippen LogP contribution in [0.5, 0.6) is 0 Å². The number of unbranched alkanes of at least 4 members (excludes halogenated alkanes) is 21.